The Kier molecular flexibility index (Phi) is 4.75. The monoisotopic (exact) mass is 375 g/mol. The number of anilines is 1. The molecule has 0 atom stereocenters. The number of nitrogens with one attached hydrogen (secondary N) is 2. The molecule has 0 saturated heterocycles. The summed E-state index contributed by atoms with van der Waals surface area (Å²) >= 11 is 0. The van der Waals surface area contributed by atoms with Crippen molar-refractivity contribution in [2.75, 3.05) is 5.32 Å². The maximum Gasteiger partial charge on any atom is 0.271 e. The summed E-state index contributed by atoms with van der Waals surface area (Å²) in [7, 11) is -3.68. The lowest BCUT2D eigenvalue weighted by atomic mass is 10.1. The standard InChI is InChI=1S/C17H17N3O5S/c1-11-5-8-15(26(24,25)19-12-6-7-12)10-16(11)17(21)18-13-3-2-4-14(9-13)20(22)23/h2-5,8-10,12,19H,6-7H2,1H3,(H,18,21). The Morgan fingerprint density at radius 1 is 1.19 bits per heavy atom. The van der Waals surface area contributed by atoms with Gasteiger partial charge in [0.2, 0.25) is 10.0 Å². The van der Waals surface area contributed by atoms with Crippen LogP contribution in [0.25, 0.3) is 0 Å². The van der Waals surface area contributed by atoms with Crippen LogP contribution in [0.2, 0.25) is 0 Å². The summed E-state index contributed by atoms with van der Waals surface area (Å²) in [6, 6.07) is 9.82. The number of aryl methyl sites for hydroxylation is 1. The summed E-state index contributed by atoms with van der Waals surface area (Å²) in [5.74, 6) is -0.536. The fraction of sp³-hybridized carbons (Fsp3) is 0.235. The highest BCUT2D eigenvalue weighted by Crippen LogP contribution is 2.24. The molecule has 3 rings (SSSR count). The minimum atomic E-state index is -3.68. The molecule has 1 aliphatic carbocycles. The van der Waals surface area contributed by atoms with Gasteiger partial charge in [-0.15, -0.1) is 0 Å². The van der Waals surface area contributed by atoms with Crippen molar-refractivity contribution in [3.63, 3.8) is 0 Å². The average Bonchev–Trinajstić information content (AvgIpc) is 3.38. The van der Waals surface area contributed by atoms with Gasteiger partial charge in [0.1, 0.15) is 0 Å². The number of amides is 1. The number of non-ortho nitro benzene ring substituents is 1. The lowest BCUT2D eigenvalue weighted by Crippen LogP contribution is -2.26. The molecule has 2 aromatic rings. The van der Waals surface area contributed by atoms with Crippen LogP contribution in [0.3, 0.4) is 0 Å². The SMILES string of the molecule is Cc1ccc(S(=O)(=O)NC2CC2)cc1C(=O)Nc1cccc([N+](=O)[O-])c1. The van der Waals surface area contributed by atoms with E-state index in [4.69, 9.17) is 0 Å². The lowest BCUT2D eigenvalue weighted by Gasteiger charge is -2.11. The molecule has 2 aromatic carbocycles. The predicted octanol–water partition coefficient (Wildman–Crippen LogP) is 2.60. The van der Waals surface area contributed by atoms with Crippen LogP contribution in [0.4, 0.5) is 11.4 Å². The first-order valence-electron chi connectivity index (χ1n) is 7.95. The van der Waals surface area contributed by atoms with Gasteiger partial charge in [-0.1, -0.05) is 12.1 Å². The highest BCUT2D eigenvalue weighted by atomic mass is 32.2. The summed E-state index contributed by atoms with van der Waals surface area (Å²) in [6.45, 7) is 1.69. The smallest absolute Gasteiger partial charge is 0.271 e. The zero-order valence-electron chi connectivity index (χ0n) is 13.9. The number of hydrogen-bond donors (Lipinski definition) is 2. The van der Waals surface area contributed by atoms with Crippen molar-refractivity contribution >= 4 is 27.3 Å². The highest BCUT2D eigenvalue weighted by Gasteiger charge is 2.28. The fourth-order valence-corrected chi connectivity index (χ4v) is 3.73. The van der Waals surface area contributed by atoms with Gasteiger partial charge < -0.3 is 5.32 Å². The van der Waals surface area contributed by atoms with Crippen LogP contribution in [-0.2, 0) is 10.0 Å². The molecular formula is C17H17N3O5S. The van der Waals surface area contributed by atoms with Crippen molar-refractivity contribution in [2.24, 2.45) is 0 Å². The van der Waals surface area contributed by atoms with Gasteiger partial charge in [-0.2, -0.15) is 0 Å². The van der Waals surface area contributed by atoms with E-state index in [9.17, 15) is 23.3 Å². The van der Waals surface area contributed by atoms with Crippen LogP contribution in [0.1, 0.15) is 28.8 Å². The summed E-state index contributed by atoms with van der Waals surface area (Å²) in [6.07, 6.45) is 1.62. The molecule has 9 heteroatoms. The number of nitro groups is 1. The molecule has 0 spiro atoms. The Balaban J connectivity index is 1.86. The maximum atomic E-state index is 12.5. The first kappa shape index (κ1) is 18.0. The van der Waals surface area contributed by atoms with Gasteiger partial charge in [-0.25, -0.2) is 13.1 Å². The molecule has 0 radical (unpaired) electrons. The molecule has 1 saturated carbocycles. The quantitative estimate of drug-likeness (QED) is 0.594. The molecule has 0 bridgehead atoms. The third kappa shape index (κ3) is 4.06. The minimum Gasteiger partial charge on any atom is -0.322 e. The number of rotatable bonds is 6. The Morgan fingerprint density at radius 2 is 1.92 bits per heavy atom. The van der Waals surface area contributed by atoms with Crippen molar-refractivity contribution in [3.8, 4) is 0 Å². The van der Waals surface area contributed by atoms with Gasteiger partial charge in [0.15, 0.2) is 0 Å². The molecule has 0 aliphatic heterocycles. The second-order valence-electron chi connectivity index (χ2n) is 6.13. The molecule has 1 amide bonds. The largest absolute Gasteiger partial charge is 0.322 e. The summed E-state index contributed by atoms with van der Waals surface area (Å²) < 4.78 is 27.2. The van der Waals surface area contributed by atoms with Crippen LogP contribution in [0.15, 0.2) is 47.4 Å². The minimum absolute atomic E-state index is 0.0131. The van der Waals surface area contributed by atoms with Crippen molar-refractivity contribution in [1.29, 1.82) is 0 Å². The van der Waals surface area contributed by atoms with E-state index >= 15 is 0 Å². The molecular weight excluding hydrogens is 358 g/mol. The zero-order valence-corrected chi connectivity index (χ0v) is 14.7. The van der Waals surface area contributed by atoms with Crippen molar-refractivity contribution < 1.29 is 18.1 Å². The van der Waals surface area contributed by atoms with E-state index in [0.29, 0.717) is 5.56 Å². The van der Waals surface area contributed by atoms with Crippen LogP contribution in [0, 0.1) is 17.0 Å². The third-order valence-electron chi connectivity index (χ3n) is 3.98. The van der Waals surface area contributed by atoms with E-state index in [2.05, 4.69) is 10.0 Å². The normalized spacial score (nSPS) is 14.0. The van der Waals surface area contributed by atoms with Crippen molar-refractivity contribution in [3.05, 3.63) is 63.7 Å². The van der Waals surface area contributed by atoms with Gasteiger partial charge in [0, 0.05) is 29.4 Å². The fourth-order valence-electron chi connectivity index (χ4n) is 2.40. The Labute approximate surface area is 150 Å². The molecule has 26 heavy (non-hydrogen) atoms. The van der Waals surface area contributed by atoms with E-state index in [0.717, 1.165) is 12.8 Å². The topological polar surface area (TPSA) is 118 Å². The summed E-state index contributed by atoms with van der Waals surface area (Å²) in [5.41, 5.74) is 0.894. The molecule has 1 fully saturated rings. The van der Waals surface area contributed by atoms with Gasteiger partial charge in [0.05, 0.1) is 9.82 Å². The molecule has 0 unspecified atom stereocenters. The number of nitrogens with zero attached hydrogens (tertiary/aromatic N) is 1. The van der Waals surface area contributed by atoms with Crippen LogP contribution >= 0.6 is 0 Å². The Bertz CT molecular complexity index is 984. The van der Waals surface area contributed by atoms with Crippen molar-refractivity contribution in [1.82, 2.24) is 4.72 Å². The first-order chi connectivity index (χ1) is 12.3. The molecule has 136 valence electrons. The number of benzene rings is 2. The second kappa shape index (κ2) is 6.85. The average molecular weight is 375 g/mol. The molecule has 2 N–H and O–H groups in total. The number of nitro benzene ring substituents is 1. The number of carbonyl (C=O) groups is 1. The van der Waals surface area contributed by atoms with E-state index in [1.807, 2.05) is 0 Å². The predicted molar refractivity (Wildman–Crippen MR) is 95.6 cm³/mol. The number of carbonyl (C=O) groups excluding carboxylic acids is 1. The van der Waals surface area contributed by atoms with Crippen LogP contribution in [-0.4, -0.2) is 25.3 Å². The Hall–Kier alpha value is -2.78. The number of hydrogen-bond acceptors (Lipinski definition) is 5. The summed E-state index contributed by atoms with van der Waals surface area (Å²) in [4.78, 5) is 22.8. The van der Waals surface area contributed by atoms with Gasteiger partial charge in [-0.05, 0) is 43.5 Å². The zero-order chi connectivity index (χ0) is 18.9. The summed E-state index contributed by atoms with van der Waals surface area (Å²) in [5, 5.41) is 13.4. The van der Waals surface area contributed by atoms with Crippen LogP contribution in [0.5, 0.6) is 0 Å². The number of sulfonamides is 1. The van der Waals surface area contributed by atoms with E-state index in [-0.39, 0.29) is 27.9 Å². The van der Waals surface area contributed by atoms with Gasteiger partial charge in [-0.3, -0.25) is 14.9 Å². The highest BCUT2D eigenvalue weighted by molar-refractivity contribution is 7.89. The molecule has 8 nitrogen and oxygen atoms in total. The lowest BCUT2D eigenvalue weighted by molar-refractivity contribution is -0.384. The second-order valence-corrected chi connectivity index (χ2v) is 7.85. The molecule has 0 aromatic heterocycles. The van der Waals surface area contributed by atoms with E-state index in [1.165, 1.54) is 36.4 Å². The van der Waals surface area contributed by atoms with E-state index < -0.39 is 20.9 Å². The first-order valence-corrected chi connectivity index (χ1v) is 9.43. The van der Waals surface area contributed by atoms with E-state index in [1.54, 1.807) is 13.0 Å². The maximum absolute atomic E-state index is 12.5. The van der Waals surface area contributed by atoms with Crippen molar-refractivity contribution in [2.45, 2.75) is 30.7 Å². The molecule has 0 heterocycles. The van der Waals surface area contributed by atoms with Gasteiger partial charge >= 0.3 is 0 Å². The Morgan fingerprint density at radius 3 is 2.58 bits per heavy atom. The molecule has 1 aliphatic rings. The van der Waals surface area contributed by atoms with Crippen LogP contribution < -0.4 is 10.0 Å². The third-order valence-corrected chi connectivity index (χ3v) is 5.50. The van der Waals surface area contributed by atoms with Gasteiger partial charge in [0.25, 0.3) is 11.6 Å².